The van der Waals surface area contributed by atoms with Crippen molar-refractivity contribution in [2.75, 3.05) is 32.7 Å². The molecule has 1 aliphatic heterocycles. The molecule has 144 valence electrons. The third-order valence-electron chi connectivity index (χ3n) is 5.12. The maximum Gasteiger partial charge on any atom is 0.336 e. The van der Waals surface area contributed by atoms with Crippen LogP contribution in [0.2, 0.25) is 5.02 Å². The van der Waals surface area contributed by atoms with Crippen LogP contribution < -0.4 is 5.63 Å². The molecule has 1 aromatic heterocycles. The lowest BCUT2D eigenvalue weighted by molar-refractivity contribution is 0.137. The highest BCUT2D eigenvalue weighted by atomic mass is 35.5. The van der Waals surface area contributed by atoms with Crippen LogP contribution in [-0.2, 0) is 6.54 Å². The van der Waals surface area contributed by atoms with E-state index in [0.717, 1.165) is 50.2 Å². The molecule has 0 saturated carbocycles. The standard InChI is InChI=1S/C23H23ClN2O2/c24-20-8-9-22-21(16-20)19(15-23(27)28-22)17-26-13-11-25(12-14-26)10-4-7-18-5-2-1-3-6-18/h1-9,15-16H,10-14,17H2/b7-4+. The van der Waals surface area contributed by atoms with Gasteiger partial charge in [-0.1, -0.05) is 54.1 Å². The molecular weight excluding hydrogens is 372 g/mol. The number of rotatable bonds is 5. The first-order valence-corrected chi connectivity index (χ1v) is 9.94. The Labute approximate surface area is 169 Å². The van der Waals surface area contributed by atoms with E-state index in [9.17, 15) is 4.79 Å². The Morgan fingerprint density at radius 3 is 2.50 bits per heavy atom. The number of hydrogen-bond acceptors (Lipinski definition) is 4. The fourth-order valence-corrected chi connectivity index (χ4v) is 3.78. The second-order valence-corrected chi connectivity index (χ2v) is 7.56. The van der Waals surface area contributed by atoms with E-state index >= 15 is 0 Å². The number of piperazine rings is 1. The lowest BCUT2D eigenvalue weighted by Crippen LogP contribution is -2.45. The molecule has 0 bridgehead atoms. The first-order valence-electron chi connectivity index (χ1n) is 9.56. The average molecular weight is 395 g/mol. The van der Waals surface area contributed by atoms with Crippen molar-refractivity contribution in [2.45, 2.75) is 6.54 Å². The molecule has 0 atom stereocenters. The summed E-state index contributed by atoms with van der Waals surface area (Å²) in [6.07, 6.45) is 4.40. The molecular formula is C23H23ClN2O2. The summed E-state index contributed by atoms with van der Waals surface area (Å²) in [5.41, 5.74) is 2.49. The second-order valence-electron chi connectivity index (χ2n) is 7.12. The van der Waals surface area contributed by atoms with Gasteiger partial charge in [0, 0.05) is 55.7 Å². The van der Waals surface area contributed by atoms with Crippen molar-refractivity contribution in [3.8, 4) is 0 Å². The van der Waals surface area contributed by atoms with E-state index in [4.69, 9.17) is 16.0 Å². The summed E-state index contributed by atoms with van der Waals surface area (Å²) in [6.45, 7) is 5.66. The highest BCUT2D eigenvalue weighted by Crippen LogP contribution is 2.23. The van der Waals surface area contributed by atoms with E-state index in [0.29, 0.717) is 10.6 Å². The van der Waals surface area contributed by atoms with Gasteiger partial charge in [-0.05, 0) is 29.3 Å². The van der Waals surface area contributed by atoms with Crippen LogP contribution in [0.3, 0.4) is 0 Å². The quantitative estimate of drug-likeness (QED) is 0.605. The van der Waals surface area contributed by atoms with E-state index in [2.05, 4.69) is 46.2 Å². The fourth-order valence-electron chi connectivity index (χ4n) is 3.60. The van der Waals surface area contributed by atoms with Gasteiger partial charge in [0.15, 0.2) is 0 Å². The minimum atomic E-state index is -0.311. The molecule has 3 aromatic rings. The van der Waals surface area contributed by atoms with Crippen LogP contribution in [0, 0.1) is 0 Å². The van der Waals surface area contributed by atoms with E-state index in [-0.39, 0.29) is 5.63 Å². The number of fused-ring (bicyclic) bond motifs is 1. The summed E-state index contributed by atoms with van der Waals surface area (Å²) in [4.78, 5) is 16.7. The fraction of sp³-hybridized carbons (Fsp3) is 0.261. The molecule has 0 N–H and O–H groups in total. The first-order chi connectivity index (χ1) is 13.7. The van der Waals surface area contributed by atoms with Gasteiger partial charge in [0.25, 0.3) is 0 Å². The molecule has 0 radical (unpaired) electrons. The second kappa shape index (κ2) is 8.74. The van der Waals surface area contributed by atoms with Crippen LogP contribution in [0.15, 0.2) is 69.9 Å². The topological polar surface area (TPSA) is 36.7 Å². The van der Waals surface area contributed by atoms with Crippen molar-refractivity contribution in [1.82, 2.24) is 9.80 Å². The lowest BCUT2D eigenvalue weighted by atomic mass is 10.1. The Morgan fingerprint density at radius 1 is 0.964 bits per heavy atom. The van der Waals surface area contributed by atoms with Gasteiger partial charge in [0.2, 0.25) is 0 Å². The van der Waals surface area contributed by atoms with Gasteiger partial charge in [-0.15, -0.1) is 0 Å². The van der Waals surface area contributed by atoms with Crippen molar-refractivity contribution in [1.29, 1.82) is 0 Å². The Hall–Kier alpha value is -2.40. The molecule has 28 heavy (non-hydrogen) atoms. The Bertz CT molecular complexity index is 1020. The summed E-state index contributed by atoms with van der Waals surface area (Å²) in [6, 6.07) is 17.3. The summed E-state index contributed by atoms with van der Waals surface area (Å²) in [5, 5.41) is 1.57. The van der Waals surface area contributed by atoms with Crippen molar-refractivity contribution in [3.63, 3.8) is 0 Å². The first kappa shape index (κ1) is 18.9. The van der Waals surface area contributed by atoms with Crippen LogP contribution in [0.5, 0.6) is 0 Å². The number of hydrogen-bond donors (Lipinski definition) is 0. The lowest BCUT2D eigenvalue weighted by Gasteiger charge is -2.34. The van der Waals surface area contributed by atoms with Gasteiger partial charge in [-0.2, -0.15) is 0 Å². The average Bonchev–Trinajstić information content (AvgIpc) is 2.71. The number of nitrogens with zero attached hydrogens (tertiary/aromatic N) is 2. The van der Waals surface area contributed by atoms with Crippen LogP contribution >= 0.6 is 11.6 Å². The van der Waals surface area contributed by atoms with E-state index < -0.39 is 0 Å². The molecule has 0 amide bonds. The Morgan fingerprint density at radius 2 is 1.71 bits per heavy atom. The highest BCUT2D eigenvalue weighted by Gasteiger charge is 2.17. The Balaban J connectivity index is 1.36. The SMILES string of the molecule is O=c1cc(CN2CCN(C/C=C/c3ccccc3)CC2)c2cc(Cl)ccc2o1. The van der Waals surface area contributed by atoms with Crippen molar-refractivity contribution >= 4 is 28.6 Å². The molecule has 0 spiro atoms. The van der Waals surface area contributed by atoms with Gasteiger partial charge in [0.1, 0.15) is 5.58 Å². The van der Waals surface area contributed by atoms with Crippen molar-refractivity contribution < 1.29 is 4.42 Å². The maximum absolute atomic E-state index is 11.9. The minimum Gasteiger partial charge on any atom is -0.423 e. The Kier molecular flexibility index (Phi) is 5.91. The van der Waals surface area contributed by atoms with E-state index in [1.807, 2.05) is 12.1 Å². The summed E-state index contributed by atoms with van der Waals surface area (Å²) >= 11 is 6.14. The molecule has 4 nitrogen and oxygen atoms in total. The molecule has 2 aromatic carbocycles. The number of benzene rings is 2. The van der Waals surface area contributed by atoms with Crippen LogP contribution in [-0.4, -0.2) is 42.5 Å². The normalized spacial score (nSPS) is 16.2. The molecule has 4 rings (SSSR count). The van der Waals surface area contributed by atoms with Crippen molar-refractivity contribution in [3.05, 3.63) is 87.2 Å². The zero-order valence-electron chi connectivity index (χ0n) is 15.7. The van der Waals surface area contributed by atoms with Gasteiger partial charge < -0.3 is 4.42 Å². The molecule has 2 heterocycles. The van der Waals surface area contributed by atoms with Crippen LogP contribution in [0.25, 0.3) is 17.0 Å². The minimum absolute atomic E-state index is 0.311. The van der Waals surface area contributed by atoms with Gasteiger partial charge in [-0.25, -0.2) is 4.79 Å². The zero-order valence-corrected chi connectivity index (χ0v) is 16.4. The summed E-state index contributed by atoms with van der Waals surface area (Å²) in [5.74, 6) is 0. The highest BCUT2D eigenvalue weighted by molar-refractivity contribution is 6.31. The van der Waals surface area contributed by atoms with Crippen molar-refractivity contribution in [2.24, 2.45) is 0 Å². The smallest absolute Gasteiger partial charge is 0.336 e. The molecule has 5 heteroatoms. The van der Waals surface area contributed by atoms with Gasteiger partial charge in [-0.3, -0.25) is 9.80 Å². The third kappa shape index (κ3) is 4.71. The molecule has 0 aliphatic carbocycles. The third-order valence-corrected chi connectivity index (χ3v) is 5.36. The van der Waals surface area contributed by atoms with E-state index in [1.165, 1.54) is 5.56 Å². The van der Waals surface area contributed by atoms with Gasteiger partial charge in [0.05, 0.1) is 0 Å². The molecule has 0 unspecified atom stereocenters. The van der Waals surface area contributed by atoms with Crippen LogP contribution in [0.1, 0.15) is 11.1 Å². The van der Waals surface area contributed by atoms with Gasteiger partial charge >= 0.3 is 5.63 Å². The van der Waals surface area contributed by atoms with E-state index in [1.54, 1.807) is 18.2 Å². The zero-order chi connectivity index (χ0) is 19.3. The summed E-state index contributed by atoms with van der Waals surface area (Å²) in [7, 11) is 0. The predicted octanol–water partition coefficient (Wildman–Crippen LogP) is 4.28. The predicted molar refractivity (Wildman–Crippen MR) is 115 cm³/mol. The van der Waals surface area contributed by atoms with Crippen LogP contribution in [0.4, 0.5) is 0 Å². The molecule has 1 saturated heterocycles. The summed E-state index contributed by atoms with van der Waals surface area (Å²) < 4.78 is 5.30. The molecule has 1 aliphatic rings. The number of halogens is 1. The largest absolute Gasteiger partial charge is 0.423 e. The maximum atomic E-state index is 11.9. The molecule has 1 fully saturated rings. The monoisotopic (exact) mass is 394 g/mol.